The predicted octanol–water partition coefficient (Wildman–Crippen LogP) is 2.39. The van der Waals surface area contributed by atoms with Crippen LogP contribution in [-0.4, -0.2) is 17.8 Å². The van der Waals surface area contributed by atoms with Gasteiger partial charge in [-0.15, -0.1) is 0 Å². The molecule has 0 aliphatic rings. The molecular formula is C12H17F2NO. The molecule has 90 valence electrons. The fraction of sp³-hybridized carbons (Fsp3) is 0.500. The second-order valence-corrected chi connectivity index (χ2v) is 3.85. The Balaban J connectivity index is 2.72. The van der Waals surface area contributed by atoms with Gasteiger partial charge < -0.3 is 10.4 Å². The van der Waals surface area contributed by atoms with Gasteiger partial charge in [0.2, 0.25) is 0 Å². The van der Waals surface area contributed by atoms with E-state index in [-0.39, 0.29) is 18.7 Å². The van der Waals surface area contributed by atoms with Crippen LogP contribution in [0.5, 0.6) is 0 Å². The molecule has 0 fully saturated rings. The molecule has 0 aliphatic carbocycles. The van der Waals surface area contributed by atoms with Crippen LogP contribution in [-0.2, 0) is 0 Å². The van der Waals surface area contributed by atoms with Crippen molar-refractivity contribution < 1.29 is 13.9 Å². The van der Waals surface area contributed by atoms with E-state index >= 15 is 0 Å². The highest BCUT2D eigenvalue weighted by Gasteiger charge is 2.12. The highest BCUT2D eigenvalue weighted by atomic mass is 19.2. The molecule has 0 heterocycles. The lowest BCUT2D eigenvalue weighted by Crippen LogP contribution is -2.33. The van der Waals surface area contributed by atoms with E-state index in [2.05, 4.69) is 5.32 Å². The Bertz CT molecular complexity index is 340. The van der Waals surface area contributed by atoms with Crippen molar-refractivity contribution >= 4 is 0 Å². The van der Waals surface area contributed by atoms with Crippen LogP contribution in [0.4, 0.5) is 8.78 Å². The highest BCUT2D eigenvalue weighted by molar-refractivity contribution is 5.20. The molecular weight excluding hydrogens is 212 g/mol. The predicted molar refractivity (Wildman–Crippen MR) is 59.1 cm³/mol. The summed E-state index contributed by atoms with van der Waals surface area (Å²) in [7, 11) is 0. The van der Waals surface area contributed by atoms with Gasteiger partial charge in [0.15, 0.2) is 11.6 Å². The minimum atomic E-state index is -0.844. The molecule has 0 saturated heterocycles. The highest BCUT2D eigenvalue weighted by Crippen LogP contribution is 2.16. The summed E-state index contributed by atoms with van der Waals surface area (Å²) in [5, 5.41) is 12.2. The zero-order chi connectivity index (χ0) is 12.1. The normalized spacial score (nSPS) is 14.8. The average molecular weight is 229 g/mol. The second kappa shape index (κ2) is 5.92. The molecule has 0 spiro atoms. The lowest BCUT2D eigenvalue weighted by Gasteiger charge is -2.20. The first-order valence-corrected chi connectivity index (χ1v) is 5.40. The molecule has 2 N–H and O–H groups in total. The van der Waals surface area contributed by atoms with Crippen molar-refractivity contribution in [3.05, 3.63) is 35.4 Å². The van der Waals surface area contributed by atoms with Crippen LogP contribution < -0.4 is 5.32 Å². The molecule has 2 atom stereocenters. The van der Waals surface area contributed by atoms with Gasteiger partial charge in [0, 0.05) is 12.1 Å². The second-order valence-electron chi connectivity index (χ2n) is 3.85. The van der Waals surface area contributed by atoms with E-state index in [1.807, 2.05) is 13.8 Å². The zero-order valence-corrected chi connectivity index (χ0v) is 9.50. The molecule has 2 nitrogen and oxygen atoms in total. The Morgan fingerprint density at radius 3 is 2.50 bits per heavy atom. The van der Waals surface area contributed by atoms with E-state index in [0.29, 0.717) is 5.56 Å². The van der Waals surface area contributed by atoms with E-state index in [4.69, 9.17) is 5.11 Å². The minimum Gasteiger partial charge on any atom is -0.395 e. The molecule has 1 unspecified atom stereocenters. The van der Waals surface area contributed by atoms with Gasteiger partial charge in [-0.3, -0.25) is 0 Å². The minimum absolute atomic E-state index is 0.0249. The maximum atomic E-state index is 13.0. The third-order valence-corrected chi connectivity index (χ3v) is 2.64. The standard InChI is InChI=1S/C12H17F2NO/c1-3-10(7-16)15-8(2)9-4-5-11(13)12(14)6-9/h4-6,8,10,15-16H,3,7H2,1-2H3/t8?,10-/m0/s1. The summed E-state index contributed by atoms with van der Waals surface area (Å²) in [5.74, 6) is -1.69. The summed E-state index contributed by atoms with van der Waals surface area (Å²) in [5.41, 5.74) is 0.672. The number of nitrogens with one attached hydrogen (secondary N) is 1. The molecule has 0 aromatic heterocycles. The Labute approximate surface area is 94.3 Å². The maximum Gasteiger partial charge on any atom is 0.159 e. The van der Waals surface area contributed by atoms with Gasteiger partial charge in [-0.2, -0.15) is 0 Å². The molecule has 0 amide bonds. The summed E-state index contributed by atoms with van der Waals surface area (Å²) in [6.45, 7) is 3.83. The zero-order valence-electron chi connectivity index (χ0n) is 9.50. The number of benzene rings is 1. The molecule has 0 aliphatic heterocycles. The number of hydrogen-bond donors (Lipinski definition) is 2. The fourth-order valence-electron chi connectivity index (χ4n) is 1.53. The van der Waals surface area contributed by atoms with Crippen molar-refractivity contribution in [2.75, 3.05) is 6.61 Å². The Hall–Kier alpha value is -1.00. The number of halogens is 2. The molecule has 0 bridgehead atoms. The molecule has 4 heteroatoms. The maximum absolute atomic E-state index is 13.0. The Morgan fingerprint density at radius 1 is 1.31 bits per heavy atom. The van der Waals surface area contributed by atoms with Crippen molar-refractivity contribution in [2.24, 2.45) is 0 Å². The van der Waals surface area contributed by atoms with Gasteiger partial charge in [-0.25, -0.2) is 8.78 Å². The topological polar surface area (TPSA) is 32.3 Å². The fourth-order valence-corrected chi connectivity index (χ4v) is 1.53. The van der Waals surface area contributed by atoms with E-state index < -0.39 is 11.6 Å². The van der Waals surface area contributed by atoms with Crippen LogP contribution in [0.15, 0.2) is 18.2 Å². The van der Waals surface area contributed by atoms with E-state index in [1.54, 1.807) is 6.07 Å². The first-order valence-electron chi connectivity index (χ1n) is 5.40. The Morgan fingerprint density at radius 2 is 2.00 bits per heavy atom. The lowest BCUT2D eigenvalue weighted by atomic mass is 10.1. The van der Waals surface area contributed by atoms with E-state index in [0.717, 1.165) is 12.5 Å². The van der Waals surface area contributed by atoms with E-state index in [1.165, 1.54) is 6.07 Å². The van der Waals surface area contributed by atoms with Gasteiger partial charge in [0.1, 0.15) is 0 Å². The van der Waals surface area contributed by atoms with Gasteiger partial charge in [-0.05, 0) is 31.0 Å². The van der Waals surface area contributed by atoms with Crippen LogP contribution in [0.25, 0.3) is 0 Å². The molecule has 0 radical (unpaired) electrons. The number of aliphatic hydroxyl groups excluding tert-OH is 1. The van der Waals surface area contributed by atoms with Gasteiger partial charge in [-0.1, -0.05) is 13.0 Å². The largest absolute Gasteiger partial charge is 0.395 e. The summed E-state index contributed by atoms with van der Waals surface area (Å²) >= 11 is 0. The van der Waals surface area contributed by atoms with Crippen LogP contribution >= 0.6 is 0 Å². The first-order chi connectivity index (χ1) is 7.58. The van der Waals surface area contributed by atoms with Crippen LogP contribution in [0.2, 0.25) is 0 Å². The Kier molecular flexibility index (Phi) is 4.83. The average Bonchev–Trinajstić information content (AvgIpc) is 2.29. The van der Waals surface area contributed by atoms with Crippen LogP contribution in [0.1, 0.15) is 31.9 Å². The lowest BCUT2D eigenvalue weighted by molar-refractivity contribution is 0.230. The van der Waals surface area contributed by atoms with E-state index in [9.17, 15) is 8.78 Å². The van der Waals surface area contributed by atoms with Crippen molar-refractivity contribution in [1.29, 1.82) is 0 Å². The van der Waals surface area contributed by atoms with Gasteiger partial charge >= 0.3 is 0 Å². The van der Waals surface area contributed by atoms with Gasteiger partial charge in [0.05, 0.1) is 6.61 Å². The van der Waals surface area contributed by atoms with Crippen molar-refractivity contribution in [3.63, 3.8) is 0 Å². The van der Waals surface area contributed by atoms with Crippen LogP contribution in [0.3, 0.4) is 0 Å². The van der Waals surface area contributed by atoms with Crippen molar-refractivity contribution in [2.45, 2.75) is 32.4 Å². The molecule has 1 rings (SSSR count). The number of aliphatic hydroxyl groups is 1. The van der Waals surface area contributed by atoms with Crippen LogP contribution in [0, 0.1) is 11.6 Å². The summed E-state index contributed by atoms with van der Waals surface area (Å²) in [6, 6.07) is 3.69. The third kappa shape index (κ3) is 3.25. The summed E-state index contributed by atoms with van der Waals surface area (Å²) < 4.78 is 25.7. The third-order valence-electron chi connectivity index (χ3n) is 2.64. The number of hydrogen-bond acceptors (Lipinski definition) is 2. The smallest absolute Gasteiger partial charge is 0.159 e. The summed E-state index contributed by atoms with van der Waals surface area (Å²) in [6.07, 6.45) is 0.782. The molecule has 0 saturated carbocycles. The first kappa shape index (κ1) is 13.1. The quantitative estimate of drug-likeness (QED) is 0.812. The number of rotatable bonds is 5. The van der Waals surface area contributed by atoms with Gasteiger partial charge in [0.25, 0.3) is 0 Å². The monoisotopic (exact) mass is 229 g/mol. The molecule has 16 heavy (non-hydrogen) atoms. The van der Waals surface area contributed by atoms with Crippen molar-refractivity contribution in [3.8, 4) is 0 Å². The molecule has 1 aromatic rings. The molecule has 1 aromatic carbocycles. The SMILES string of the molecule is CC[C@@H](CO)NC(C)c1ccc(F)c(F)c1. The van der Waals surface area contributed by atoms with Crippen molar-refractivity contribution in [1.82, 2.24) is 5.32 Å². The summed E-state index contributed by atoms with van der Waals surface area (Å²) in [4.78, 5) is 0.